The van der Waals surface area contributed by atoms with Crippen molar-refractivity contribution in [3.05, 3.63) is 0 Å². The van der Waals surface area contributed by atoms with E-state index >= 15 is 0 Å². The summed E-state index contributed by atoms with van der Waals surface area (Å²) in [6.07, 6.45) is 0.119. The van der Waals surface area contributed by atoms with E-state index in [1.165, 1.54) is 4.90 Å². The Morgan fingerprint density at radius 3 is 2.60 bits per heavy atom. The van der Waals surface area contributed by atoms with Gasteiger partial charge < -0.3 is 5.11 Å². The van der Waals surface area contributed by atoms with E-state index in [1.807, 2.05) is 0 Å². The standard InChI is InChI=1S/C9H12F3NO2/c10-8(7(14)15)3-5-13-4-1-2-6(13)9(8,11)12/h6H,1-5H2,(H,14,15). The maximum absolute atomic E-state index is 13.7. The van der Waals surface area contributed by atoms with Crippen LogP contribution in [0.1, 0.15) is 19.3 Å². The molecule has 1 N–H and O–H groups in total. The van der Waals surface area contributed by atoms with Gasteiger partial charge in [-0.3, -0.25) is 4.90 Å². The van der Waals surface area contributed by atoms with Gasteiger partial charge in [-0.1, -0.05) is 0 Å². The minimum Gasteiger partial charge on any atom is -0.479 e. The highest BCUT2D eigenvalue weighted by molar-refractivity contribution is 5.79. The highest BCUT2D eigenvalue weighted by Crippen LogP contribution is 2.47. The number of piperidine rings is 1. The lowest BCUT2D eigenvalue weighted by Crippen LogP contribution is -2.65. The van der Waals surface area contributed by atoms with Crippen molar-refractivity contribution in [3.63, 3.8) is 0 Å². The molecule has 0 aliphatic carbocycles. The molecule has 2 heterocycles. The molecule has 2 fully saturated rings. The number of carbonyl (C=O) groups is 1. The normalized spacial score (nSPS) is 40.1. The molecule has 0 radical (unpaired) electrons. The number of carboxylic acids is 1. The molecule has 3 nitrogen and oxygen atoms in total. The summed E-state index contributed by atoms with van der Waals surface area (Å²) in [6.45, 7) is 0.610. The average Bonchev–Trinajstić information content (AvgIpc) is 2.60. The van der Waals surface area contributed by atoms with Crippen LogP contribution in [0, 0.1) is 0 Å². The van der Waals surface area contributed by atoms with E-state index in [9.17, 15) is 18.0 Å². The monoisotopic (exact) mass is 223 g/mol. The van der Waals surface area contributed by atoms with E-state index in [1.54, 1.807) is 0 Å². The summed E-state index contributed by atoms with van der Waals surface area (Å²) in [6, 6.07) is -1.24. The highest BCUT2D eigenvalue weighted by Gasteiger charge is 2.68. The number of rotatable bonds is 1. The molecule has 86 valence electrons. The molecule has 0 aromatic carbocycles. The molecule has 2 unspecified atom stereocenters. The van der Waals surface area contributed by atoms with Crippen molar-refractivity contribution < 1.29 is 23.1 Å². The molecule has 0 bridgehead atoms. The molecule has 2 saturated heterocycles. The maximum Gasteiger partial charge on any atom is 0.348 e. The number of alkyl halides is 3. The van der Waals surface area contributed by atoms with Crippen LogP contribution in [-0.2, 0) is 4.79 Å². The third-order valence-electron chi connectivity index (χ3n) is 3.39. The first kappa shape index (κ1) is 10.7. The predicted octanol–water partition coefficient (Wildman–Crippen LogP) is 1.28. The van der Waals surface area contributed by atoms with Gasteiger partial charge in [-0.05, 0) is 19.4 Å². The van der Waals surface area contributed by atoms with E-state index in [0.717, 1.165) is 0 Å². The fourth-order valence-corrected chi connectivity index (χ4v) is 2.48. The zero-order valence-electron chi connectivity index (χ0n) is 8.05. The molecule has 2 aliphatic rings. The quantitative estimate of drug-likeness (QED) is 0.728. The van der Waals surface area contributed by atoms with Crippen LogP contribution >= 0.6 is 0 Å². The van der Waals surface area contributed by atoms with Crippen molar-refractivity contribution in [2.75, 3.05) is 13.1 Å². The summed E-state index contributed by atoms with van der Waals surface area (Å²) in [7, 11) is 0. The first-order valence-electron chi connectivity index (χ1n) is 4.94. The van der Waals surface area contributed by atoms with Gasteiger partial charge in [-0.2, -0.15) is 0 Å². The molecular weight excluding hydrogens is 211 g/mol. The van der Waals surface area contributed by atoms with E-state index in [0.29, 0.717) is 13.0 Å². The first-order chi connectivity index (χ1) is 6.89. The second-order valence-corrected chi connectivity index (χ2v) is 4.17. The topological polar surface area (TPSA) is 40.5 Å². The van der Waals surface area contributed by atoms with Crippen LogP contribution in [0.2, 0.25) is 0 Å². The van der Waals surface area contributed by atoms with Gasteiger partial charge in [0, 0.05) is 13.0 Å². The third-order valence-corrected chi connectivity index (χ3v) is 3.39. The van der Waals surface area contributed by atoms with Gasteiger partial charge in [0.1, 0.15) is 0 Å². The van der Waals surface area contributed by atoms with Gasteiger partial charge >= 0.3 is 11.9 Å². The number of carboxylic acid groups (broad SMARTS) is 1. The molecule has 2 atom stereocenters. The van der Waals surface area contributed by atoms with Crippen molar-refractivity contribution in [3.8, 4) is 0 Å². The van der Waals surface area contributed by atoms with E-state index in [-0.39, 0.29) is 13.0 Å². The predicted molar refractivity (Wildman–Crippen MR) is 45.6 cm³/mol. The van der Waals surface area contributed by atoms with Crippen molar-refractivity contribution >= 4 is 5.97 Å². The minimum atomic E-state index is -3.78. The van der Waals surface area contributed by atoms with Gasteiger partial charge in [0.05, 0.1) is 6.04 Å². The summed E-state index contributed by atoms with van der Waals surface area (Å²) >= 11 is 0. The smallest absolute Gasteiger partial charge is 0.348 e. The van der Waals surface area contributed by atoms with E-state index in [4.69, 9.17) is 5.11 Å². The Hall–Kier alpha value is -0.780. The summed E-state index contributed by atoms with van der Waals surface area (Å²) < 4.78 is 41.1. The lowest BCUT2D eigenvalue weighted by Gasteiger charge is -2.43. The van der Waals surface area contributed by atoms with Gasteiger partial charge in [-0.15, -0.1) is 0 Å². The van der Waals surface area contributed by atoms with Crippen LogP contribution in [0.3, 0.4) is 0 Å². The van der Waals surface area contributed by atoms with Crippen molar-refractivity contribution in [2.45, 2.75) is 36.9 Å². The van der Waals surface area contributed by atoms with E-state index < -0.39 is 30.0 Å². The van der Waals surface area contributed by atoms with Gasteiger partial charge in [-0.25, -0.2) is 18.0 Å². The second kappa shape index (κ2) is 3.10. The average molecular weight is 223 g/mol. The zero-order valence-corrected chi connectivity index (χ0v) is 8.05. The molecule has 0 saturated carbocycles. The molecule has 0 aromatic heterocycles. The highest BCUT2D eigenvalue weighted by atomic mass is 19.3. The van der Waals surface area contributed by atoms with Crippen molar-refractivity contribution in [1.82, 2.24) is 4.90 Å². The first-order valence-corrected chi connectivity index (χ1v) is 4.94. The van der Waals surface area contributed by atoms with Crippen LogP contribution in [0.5, 0.6) is 0 Å². The Morgan fingerprint density at radius 2 is 2.00 bits per heavy atom. The number of aliphatic carboxylic acids is 1. The molecule has 15 heavy (non-hydrogen) atoms. The van der Waals surface area contributed by atoms with Crippen LogP contribution in [0.15, 0.2) is 0 Å². The SMILES string of the molecule is O=C(O)C1(F)CCN2CCCC2C1(F)F. The zero-order chi connectivity index (χ0) is 11.3. The number of nitrogens with zero attached hydrogens (tertiary/aromatic N) is 1. The Bertz CT molecular complexity index is 297. The summed E-state index contributed by atoms with van der Waals surface area (Å²) in [5, 5.41) is 8.58. The minimum absolute atomic E-state index is 0.100. The van der Waals surface area contributed by atoms with Crippen molar-refractivity contribution in [2.24, 2.45) is 0 Å². The van der Waals surface area contributed by atoms with Crippen LogP contribution in [0.25, 0.3) is 0 Å². The number of halogens is 3. The fraction of sp³-hybridized carbons (Fsp3) is 0.889. The van der Waals surface area contributed by atoms with E-state index in [2.05, 4.69) is 0 Å². The van der Waals surface area contributed by atoms with Crippen LogP contribution in [0.4, 0.5) is 13.2 Å². The number of hydrogen-bond donors (Lipinski definition) is 1. The summed E-state index contributed by atoms with van der Waals surface area (Å²) in [5.74, 6) is -5.83. The summed E-state index contributed by atoms with van der Waals surface area (Å²) in [4.78, 5) is 12.1. The van der Waals surface area contributed by atoms with Gasteiger partial charge in [0.2, 0.25) is 0 Å². The van der Waals surface area contributed by atoms with Crippen LogP contribution in [-0.4, -0.2) is 46.7 Å². The fourth-order valence-electron chi connectivity index (χ4n) is 2.48. The summed E-state index contributed by atoms with van der Waals surface area (Å²) in [5.41, 5.74) is -3.39. The number of fused-ring (bicyclic) bond motifs is 1. The Balaban J connectivity index is 2.34. The number of hydrogen-bond acceptors (Lipinski definition) is 2. The molecule has 2 aliphatic heterocycles. The Kier molecular flexibility index (Phi) is 2.22. The van der Waals surface area contributed by atoms with Gasteiger partial charge in [0.25, 0.3) is 5.67 Å². The lowest BCUT2D eigenvalue weighted by molar-refractivity contribution is -0.217. The largest absolute Gasteiger partial charge is 0.479 e. The molecule has 0 spiro atoms. The van der Waals surface area contributed by atoms with Crippen molar-refractivity contribution in [1.29, 1.82) is 0 Å². The molecule has 0 amide bonds. The Labute approximate surface area is 84.9 Å². The van der Waals surface area contributed by atoms with Crippen LogP contribution < -0.4 is 0 Å². The lowest BCUT2D eigenvalue weighted by atomic mass is 9.84. The second-order valence-electron chi connectivity index (χ2n) is 4.17. The molecular formula is C9H12F3NO2. The Morgan fingerprint density at radius 1 is 1.33 bits per heavy atom. The van der Waals surface area contributed by atoms with Gasteiger partial charge in [0.15, 0.2) is 0 Å². The molecule has 2 rings (SSSR count). The maximum atomic E-state index is 13.7. The molecule has 0 aromatic rings. The third kappa shape index (κ3) is 1.27. The molecule has 6 heteroatoms.